The fourth-order valence-electron chi connectivity index (χ4n) is 1.72. The smallest absolute Gasteiger partial charge is 0.296 e. The highest BCUT2D eigenvalue weighted by Crippen LogP contribution is 2.09. The van der Waals surface area contributed by atoms with Gasteiger partial charge in [0.2, 0.25) is 0 Å². The highest BCUT2D eigenvalue weighted by Gasteiger charge is 1.94. The van der Waals surface area contributed by atoms with Crippen molar-refractivity contribution in [2.24, 2.45) is 0 Å². The maximum atomic E-state index is 11.0. The summed E-state index contributed by atoms with van der Waals surface area (Å²) in [7, 11) is 0. The van der Waals surface area contributed by atoms with Crippen LogP contribution in [0.3, 0.4) is 0 Å². The molecule has 0 unspecified atom stereocenters. The minimum absolute atomic E-state index is 0.154. The van der Waals surface area contributed by atoms with Crippen molar-refractivity contribution in [1.82, 2.24) is 5.32 Å². The zero-order chi connectivity index (χ0) is 12.8. The van der Waals surface area contributed by atoms with Crippen LogP contribution in [-0.2, 0) is 4.79 Å². The fourth-order valence-corrected chi connectivity index (χ4v) is 1.97. The van der Waals surface area contributed by atoms with E-state index in [0.29, 0.717) is 0 Å². The second-order valence-corrected chi connectivity index (χ2v) is 4.84. The van der Waals surface area contributed by atoms with Gasteiger partial charge in [0, 0.05) is 35.1 Å². The largest absolute Gasteiger partial charge is 0.345 e. The van der Waals surface area contributed by atoms with Crippen LogP contribution >= 0.6 is 22.6 Å². The maximum absolute atomic E-state index is 11.0. The maximum Gasteiger partial charge on any atom is 0.296 e. The number of carbonyl (C=O) groups excluding carboxylic acids is 1. The molecule has 3 heteroatoms. The van der Waals surface area contributed by atoms with Gasteiger partial charge in [0.1, 0.15) is 0 Å². The van der Waals surface area contributed by atoms with E-state index in [1.54, 1.807) is 0 Å². The van der Waals surface area contributed by atoms with Crippen molar-refractivity contribution < 1.29 is 4.79 Å². The average molecular weight is 349 g/mol. The highest BCUT2D eigenvalue weighted by atomic mass is 127. The molecule has 0 heterocycles. The van der Waals surface area contributed by atoms with E-state index in [0.717, 1.165) is 13.0 Å². The van der Waals surface area contributed by atoms with Gasteiger partial charge in [-0.1, -0.05) is 58.3 Å². The molecule has 17 heavy (non-hydrogen) atoms. The molecule has 0 fully saturated rings. The number of unbranched alkanes of at least 4 members (excludes halogenated alkanes) is 8. The summed E-state index contributed by atoms with van der Waals surface area (Å²) in [4.78, 5) is 11.0. The lowest BCUT2D eigenvalue weighted by atomic mass is 10.1. The third-order valence-electron chi connectivity index (χ3n) is 2.73. The Bertz CT molecular complexity index is 242. The predicted molar refractivity (Wildman–Crippen MR) is 82.0 cm³/mol. The molecule has 0 bridgehead atoms. The third kappa shape index (κ3) is 13.7. The van der Waals surface area contributed by atoms with Gasteiger partial charge in [0.15, 0.2) is 0 Å². The Morgan fingerprint density at radius 2 is 1.53 bits per heavy atom. The first-order valence-corrected chi connectivity index (χ1v) is 7.78. The normalized spacial score (nSPS) is 9.53. The standard InChI is InChI=1S/C14H24INO/c1-2-3-4-5-6-7-8-9-10-13-16-14(17)11-12-15/h2-10,13H2,1H3,(H,16,17). The SMILES string of the molecule is CCCCCCCCCCCNC(=O)C#CI. The molecule has 98 valence electrons. The van der Waals surface area contributed by atoms with Gasteiger partial charge in [-0.05, 0) is 10.3 Å². The van der Waals surface area contributed by atoms with Gasteiger partial charge in [-0.2, -0.15) is 0 Å². The topological polar surface area (TPSA) is 29.1 Å². The van der Waals surface area contributed by atoms with Crippen molar-refractivity contribution in [3.8, 4) is 9.85 Å². The summed E-state index contributed by atoms with van der Waals surface area (Å²) in [5, 5.41) is 2.79. The van der Waals surface area contributed by atoms with E-state index in [9.17, 15) is 4.79 Å². The van der Waals surface area contributed by atoms with Crippen LogP contribution in [0.1, 0.15) is 64.7 Å². The zero-order valence-corrected chi connectivity index (χ0v) is 13.0. The van der Waals surface area contributed by atoms with Crippen LogP contribution in [0.5, 0.6) is 0 Å². The Hall–Kier alpha value is -0.240. The molecule has 2 nitrogen and oxygen atoms in total. The number of hydrogen-bond acceptors (Lipinski definition) is 1. The molecule has 1 N–H and O–H groups in total. The summed E-state index contributed by atoms with van der Waals surface area (Å²) in [6.07, 6.45) is 11.8. The molecule has 0 saturated carbocycles. The number of hydrogen-bond donors (Lipinski definition) is 1. The first kappa shape index (κ1) is 16.8. The van der Waals surface area contributed by atoms with Gasteiger partial charge in [0.05, 0.1) is 0 Å². The first-order chi connectivity index (χ1) is 8.31. The van der Waals surface area contributed by atoms with Crippen LogP contribution < -0.4 is 5.32 Å². The van der Waals surface area contributed by atoms with E-state index in [1.807, 2.05) is 22.6 Å². The minimum atomic E-state index is -0.154. The second-order valence-electron chi connectivity index (χ2n) is 4.30. The number of halogens is 1. The molecule has 0 aromatic carbocycles. The first-order valence-electron chi connectivity index (χ1n) is 6.70. The monoisotopic (exact) mass is 349 g/mol. The molecule has 0 aliphatic carbocycles. The quantitative estimate of drug-likeness (QED) is 0.360. The van der Waals surface area contributed by atoms with E-state index in [-0.39, 0.29) is 5.91 Å². The van der Waals surface area contributed by atoms with Crippen LogP contribution in [-0.4, -0.2) is 12.5 Å². The highest BCUT2D eigenvalue weighted by molar-refractivity contribution is 14.1. The Morgan fingerprint density at radius 1 is 1.00 bits per heavy atom. The van der Waals surface area contributed by atoms with Crippen molar-refractivity contribution in [1.29, 1.82) is 0 Å². The van der Waals surface area contributed by atoms with Crippen LogP contribution in [0.4, 0.5) is 0 Å². The van der Waals surface area contributed by atoms with Gasteiger partial charge in [-0.25, -0.2) is 0 Å². The molecule has 0 rings (SSSR count). The minimum Gasteiger partial charge on any atom is -0.345 e. The average Bonchev–Trinajstić information content (AvgIpc) is 2.32. The predicted octanol–water partition coefficient (Wildman–Crippen LogP) is 4.03. The molecule has 0 aliphatic rings. The van der Waals surface area contributed by atoms with Crippen LogP contribution in [0.25, 0.3) is 0 Å². The van der Waals surface area contributed by atoms with Gasteiger partial charge in [0.25, 0.3) is 5.91 Å². The lowest BCUT2D eigenvalue weighted by Crippen LogP contribution is -2.22. The van der Waals surface area contributed by atoms with Crippen LogP contribution in [0.2, 0.25) is 0 Å². The number of amides is 1. The molecular weight excluding hydrogens is 325 g/mol. The van der Waals surface area contributed by atoms with E-state index >= 15 is 0 Å². The molecule has 0 aromatic rings. The van der Waals surface area contributed by atoms with E-state index < -0.39 is 0 Å². The van der Waals surface area contributed by atoms with Gasteiger partial charge < -0.3 is 5.32 Å². The van der Waals surface area contributed by atoms with Crippen molar-refractivity contribution in [2.75, 3.05) is 6.54 Å². The Morgan fingerprint density at radius 3 is 2.06 bits per heavy atom. The second kappa shape index (κ2) is 13.8. The molecule has 0 radical (unpaired) electrons. The lowest BCUT2D eigenvalue weighted by Gasteiger charge is -2.02. The molecule has 1 amide bonds. The van der Waals surface area contributed by atoms with E-state index in [4.69, 9.17) is 0 Å². The molecule has 0 aromatic heterocycles. The number of nitrogens with one attached hydrogen (secondary N) is 1. The summed E-state index contributed by atoms with van der Waals surface area (Å²) in [6.45, 7) is 3.01. The number of carbonyl (C=O) groups is 1. The van der Waals surface area contributed by atoms with Gasteiger partial charge in [-0.15, -0.1) is 0 Å². The molecular formula is C14H24INO. The summed E-state index contributed by atoms with van der Waals surface area (Å²) in [6, 6.07) is 0. The van der Waals surface area contributed by atoms with Crippen molar-refractivity contribution in [2.45, 2.75) is 64.7 Å². The van der Waals surface area contributed by atoms with E-state index in [2.05, 4.69) is 22.1 Å². The fraction of sp³-hybridized carbons (Fsp3) is 0.786. The lowest BCUT2D eigenvalue weighted by molar-refractivity contribution is -0.115. The van der Waals surface area contributed by atoms with Gasteiger partial charge >= 0.3 is 0 Å². The Kier molecular flexibility index (Phi) is 13.6. The molecule has 0 aliphatic heterocycles. The van der Waals surface area contributed by atoms with Crippen molar-refractivity contribution in [3.05, 3.63) is 0 Å². The summed E-state index contributed by atoms with van der Waals surface area (Å²) in [5.74, 6) is 2.31. The molecule has 0 spiro atoms. The Balaban J connectivity index is 3.07. The van der Waals surface area contributed by atoms with E-state index in [1.165, 1.54) is 51.4 Å². The molecule has 0 atom stereocenters. The van der Waals surface area contributed by atoms with Crippen LogP contribution in [0, 0.1) is 9.85 Å². The summed E-state index contributed by atoms with van der Waals surface area (Å²) in [5.41, 5.74) is 0. The number of rotatable bonds is 10. The summed E-state index contributed by atoms with van der Waals surface area (Å²) >= 11 is 1.87. The summed E-state index contributed by atoms with van der Waals surface area (Å²) < 4.78 is 2.56. The van der Waals surface area contributed by atoms with Gasteiger partial charge in [-0.3, -0.25) is 4.79 Å². The van der Waals surface area contributed by atoms with Crippen molar-refractivity contribution in [3.63, 3.8) is 0 Å². The zero-order valence-electron chi connectivity index (χ0n) is 10.9. The Labute approximate surface area is 119 Å². The molecule has 0 saturated heterocycles. The van der Waals surface area contributed by atoms with Crippen molar-refractivity contribution >= 4 is 28.5 Å². The van der Waals surface area contributed by atoms with Crippen LogP contribution in [0.15, 0.2) is 0 Å². The third-order valence-corrected chi connectivity index (χ3v) is 3.00.